The summed E-state index contributed by atoms with van der Waals surface area (Å²) >= 11 is 0. The summed E-state index contributed by atoms with van der Waals surface area (Å²) in [4.78, 5) is 36.2. The maximum atomic E-state index is 12.3. The second kappa shape index (κ2) is 8.98. The van der Waals surface area contributed by atoms with Crippen molar-refractivity contribution in [2.75, 3.05) is 20.3 Å². The van der Waals surface area contributed by atoms with Crippen LogP contribution < -0.4 is 10.1 Å². The van der Waals surface area contributed by atoms with E-state index in [1.165, 1.54) is 7.11 Å². The number of ketones is 1. The van der Waals surface area contributed by atoms with Crippen LogP contribution in [0.1, 0.15) is 37.4 Å². The van der Waals surface area contributed by atoms with Crippen molar-refractivity contribution in [2.45, 2.75) is 20.8 Å². The Morgan fingerprint density at radius 3 is 2.11 bits per heavy atom. The number of amides is 1. The lowest BCUT2D eigenvalue weighted by molar-refractivity contribution is -0.141. The molecule has 0 aliphatic rings. The van der Waals surface area contributed by atoms with Crippen molar-refractivity contribution < 1.29 is 23.9 Å². The maximum absolute atomic E-state index is 12.3. The predicted molar refractivity (Wildman–Crippen MR) is 101 cm³/mol. The van der Waals surface area contributed by atoms with E-state index in [1.807, 2.05) is 32.9 Å². The van der Waals surface area contributed by atoms with Crippen LogP contribution in [-0.2, 0) is 9.53 Å². The number of nitrogens with one attached hydrogen (secondary N) is 1. The van der Waals surface area contributed by atoms with E-state index >= 15 is 0 Å². The number of carbonyl (C=O) groups is 3. The van der Waals surface area contributed by atoms with Gasteiger partial charge in [-0.05, 0) is 56.2 Å². The molecule has 0 aromatic heterocycles. The number of aryl methyl sites for hydroxylation is 3. The van der Waals surface area contributed by atoms with Crippen molar-refractivity contribution in [3.05, 3.63) is 64.2 Å². The molecule has 0 bridgehead atoms. The van der Waals surface area contributed by atoms with Crippen molar-refractivity contribution in [1.82, 2.24) is 5.32 Å². The van der Waals surface area contributed by atoms with Crippen LogP contribution in [0.25, 0.3) is 0 Å². The fourth-order valence-electron chi connectivity index (χ4n) is 2.89. The van der Waals surface area contributed by atoms with E-state index in [0.717, 1.165) is 16.7 Å². The Morgan fingerprint density at radius 2 is 1.56 bits per heavy atom. The molecule has 1 N–H and O–H groups in total. The maximum Gasteiger partial charge on any atom is 0.325 e. The first-order valence-corrected chi connectivity index (χ1v) is 8.50. The molecular formula is C21H23NO5. The lowest BCUT2D eigenvalue weighted by atomic mass is 9.97. The third-order valence-electron chi connectivity index (χ3n) is 4.07. The van der Waals surface area contributed by atoms with Gasteiger partial charge in [0.25, 0.3) is 5.91 Å². The van der Waals surface area contributed by atoms with Gasteiger partial charge in [0.2, 0.25) is 5.78 Å². The highest BCUT2D eigenvalue weighted by atomic mass is 16.5. The molecule has 2 rings (SSSR count). The molecule has 2 aromatic carbocycles. The van der Waals surface area contributed by atoms with Crippen LogP contribution in [0.2, 0.25) is 0 Å². The number of hydrogen-bond donors (Lipinski definition) is 1. The third-order valence-corrected chi connectivity index (χ3v) is 4.07. The highest BCUT2D eigenvalue weighted by Crippen LogP contribution is 2.17. The Labute approximate surface area is 158 Å². The number of esters is 1. The molecule has 0 aliphatic heterocycles. The largest absolute Gasteiger partial charge is 0.497 e. The fourth-order valence-corrected chi connectivity index (χ4v) is 2.89. The smallest absolute Gasteiger partial charge is 0.325 e. The van der Waals surface area contributed by atoms with Crippen molar-refractivity contribution >= 4 is 17.7 Å². The summed E-state index contributed by atoms with van der Waals surface area (Å²) in [7, 11) is 1.53. The molecule has 1 amide bonds. The Kier molecular flexibility index (Phi) is 6.71. The predicted octanol–water partition coefficient (Wildman–Crippen LogP) is 2.78. The molecule has 0 saturated heterocycles. The van der Waals surface area contributed by atoms with Crippen molar-refractivity contribution in [3.63, 3.8) is 0 Å². The molecule has 27 heavy (non-hydrogen) atoms. The molecule has 2 aromatic rings. The summed E-state index contributed by atoms with van der Waals surface area (Å²) in [6.07, 6.45) is 0. The van der Waals surface area contributed by atoms with E-state index < -0.39 is 11.9 Å². The van der Waals surface area contributed by atoms with E-state index in [1.54, 1.807) is 24.3 Å². The van der Waals surface area contributed by atoms with E-state index in [4.69, 9.17) is 9.47 Å². The zero-order valence-corrected chi connectivity index (χ0v) is 15.9. The summed E-state index contributed by atoms with van der Waals surface area (Å²) in [6, 6.07) is 10.3. The van der Waals surface area contributed by atoms with Crippen LogP contribution in [0.15, 0.2) is 36.4 Å². The molecule has 0 radical (unpaired) electrons. The van der Waals surface area contributed by atoms with Crippen LogP contribution in [0, 0.1) is 20.8 Å². The third kappa shape index (κ3) is 5.41. The highest BCUT2D eigenvalue weighted by molar-refractivity contribution is 6.01. The number of ether oxygens (including phenoxy) is 2. The molecule has 0 spiro atoms. The first kappa shape index (κ1) is 20.2. The second-order valence-electron chi connectivity index (χ2n) is 6.27. The number of benzene rings is 2. The van der Waals surface area contributed by atoms with Crippen molar-refractivity contribution in [3.8, 4) is 5.75 Å². The van der Waals surface area contributed by atoms with Gasteiger partial charge in [-0.15, -0.1) is 0 Å². The number of carbonyl (C=O) groups excluding carboxylic acids is 3. The van der Waals surface area contributed by atoms with Gasteiger partial charge >= 0.3 is 5.97 Å². The van der Waals surface area contributed by atoms with Gasteiger partial charge in [0, 0.05) is 11.1 Å². The molecule has 0 aliphatic carbocycles. The highest BCUT2D eigenvalue weighted by Gasteiger charge is 2.16. The molecule has 6 heteroatoms. The Hall–Kier alpha value is -3.15. The van der Waals surface area contributed by atoms with Gasteiger partial charge in [-0.3, -0.25) is 14.4 Å². The first-order valence-electron chi connectivity index (χ1n) is 8.50. The van der Waals surface area contributed by atoms with E-state index in [9.17, 15) is 14.4 Å². The van der Waals surface area contributed by atoms with Crippen LogP contribution in [0.5, 0.6) is 5.75 Å². The number of methoxy groups -OCH3 is 1. The van der Waals surface area contributed by atoms with Crippen molar-refractivity contribution in [1.29, 1.82) is 0 Å². The van der Waals surface area contributed by atoms with Crippen LogP contribution in [0.3, 0.4) is 0 Å². The van der Waals surface area contributed by atoms with Gasteiger partial charge in [0.15, 0.2) is 6.61 Å². The normalized spacial score (nSPS) is 10.2. The topological polar surface area (TPSA) is 81.7 Å². The molecule has 0 saturated carbocycles. The molecule has 0 unspecified atom stereocenters. The van der Waals surface area contributed by atoms with Gasteiger partial charge in [0.05, 0.1) is 7.11 Å². The van der Waals surface area contributed by atoms with Gasteiger partial charge in [0.1, 0.15) is 12.3 Å². The zero-order valence-electron chi connectivity index (χ0n) is 15.9. The number of Topliss-reactive ketones (excluding diaryl/α,β-unsaturated/α-hetero) is 1. The fraction of sp³-hybridized carbons (Fsp3) is 0.286. The van der Waals surface area contributed by atoms with Gasteiger partial charge in [-0.25, -0.2) is 0 Å². The molecule has 142 valence electrons. The quantitative estimate of drug-likeness (QED) is 0.599. The Bertz CT molecular complexity index is 832. The summed E-state index contributed by atoms with van der Waals surface area (Å²) < 4.78 is 10.0. The monoisotopic (exact) mass is 369 g/mol. The number of rotatable bonds is 7. The Balaban J connectivity index is 1.85. The minimum Gasteiger partial charge on any atom is -0.497 e. The molecule has 0 atom stereocenters. The summed E-state index contributed by atoms with van der Waals surface area (Å²) in [6.45, 7) is 4.99. The van der Waals surface area contributed by atoms with E-state index in [-0.39, 0.29) is 18.9 Å². The van der Waals surface area contributed by atoms with E-state index in [0.29, 0.717) is 16.9 Å². The average molecular weight is 369 g/mol. The van der Waals surface area contributed by atoms with Crippen molar-refractivity contribution in [2.24, 2.45) is 0 Å². The minimum atomic E-state index is -0.673. The molecule has 6 nitrogen and oxygen atoms in total. The van der Waals surface area contributed by atoms with Gasteiger partial charge < -0.3 is 14.8 Å². The molecular weight excluding hydrogens is 346 g/mol. The summed E-state index contributed by atoms with van der Waals surface area (Å²) in [5.41, 5.74) is 3.73. The van der Waals surface area contributed by atoms with Crippen LogP contribution >= 0.6 is 0 Å². The SMILES string of the molecule is COc1ccc(C(=O)NCC(=O)OCC(=O)c2c(C)cc(C)cc2C)cc1. The zero-order chi connectivity index (χ0) is 20.0. The minimum absolute atomic E-state index is 0.264. The average Bonchev–Trinajstić information content (AvgIpc) is 2.63. The standard InChI is InChI=1S/C21H23NO5/c1-13-9-14(2)20(15(3)10-13)18(23)12-27-19(24)11-22-21(25)16-5-7-17(26-4)8-6-16/h5-10H,11-12H2,1-4H3,(H,22,25). The second-order valence-corrected chi connectivity index (χ2v) is 6.27. The molecule has 0 fully saturated rings. The van der Waals surface area contributed by atoms with Gasteiger partial charge in [-0.1, -0.05) is 17.7 Å². The van der Waals surface area contributed by atoms with Crippen LogP contribution in [-0.4, -0.2) is 37.9 Å². The number of hydrogen-bond acceptors (Lipinski definition) is 5. The van der Waals surface area contributed by atoms with Crippen LogP contribution in [0.4, 0.5) is 0 Å². The summed E-state index contributed by atoms with van der Waals surface area (Å²) in [5.74, 6) is -0.718. The Morgan fingerprint density at radius 1 is 0.963 bits per heavy atom. The lowest BCUT2D eigenvalue weighted by Gasteiger charge is -2.11. The van der Waals surface area contributed by atoms with E-state index in [2.05, 4.69) is 5.32 Å². The lowest BCUT2D eigenvalue weighted by Crippen LogP contribution is -2.31. The first-order chi connectivity index (χ1) is 12.8. The summed E-state index contributed by atoms with van der Waals surface area (Å²) in [5, 5.41) is 2.46. The molecule has 0 heterocycles. The van der Waals surface area contributed by atoms with Gasteiger partial charge in [-0.2, -0.15) is 0 Å².